The monoisotopic (exact) mass is 340 g/mol. The molecule has 0 aromatic heterocycles. The van der Waals surface area contributed by atoms with Crippen molar-refractivity contribution in [1.29, 1.82) is 5.26 Å². The Hall–Kier alpha value is -3.04. The van der Waals surface area contributed by atoms with Crippen LogP contribution in [0.15, 0.2) is 42.5 Å². The third-order valence-corrected chi connectivity index (χ3v) is 3.76. The van der Waals surface area contributed by atoms with Gasteiger partial charge in [-0.05, 0) is 41.8 Å². The molecule has 2 N–H and O–H groups in total. The number of ether oxygens (including phenoxy) is 2. The first-order chi connectivity index (χ1) is 12.1. The average molecular weight is 340 g/mol. The first kappa shape index (κ1) is 18.3. The molecule has 0 saturated heterocycles. The van der Waals surface area contributed by atoms with Crippen LogP contribution in [0.4, 0.5) is 0 Å². The predicted octanol–water partition coefficient (Wildman–Crippen LogP) is 1.97. The van der Waals surface area contributed by atoms with Crippen molar-refractivity contribution >= 4 is 5.91 Å². The van der Waals surface area contributed by atoms with Crippen molar-refractivity contribution in [3.8, 4) is 17.6 Å². The van der Waals surface area contributed by atoms with Crippen molar-refractivity contribution in [1.82, 2.24) is 5.32 Å². The minimum atomic E-state index is -1.27. The second kappa shape index (κ2) is 8.71. The third kappa shape index (κ3) is 4.72. The molecule has 2 rings (SSSR count). The number of hydrogen-bond donors (Lipinski definition) is 2. The molecule has 0 aliphatic carbocycles. The van der Waals surface area contributed by atoms with E-state index in [1.807, 2.05) is 24.3 Å². The van der Waals surface area contributed by atoms with Crippen LogP contribution in [0.25, 0.3) is 0 Å². The largest absolute Gasteiger partial charge is 0.493 e. The van der Waals surface area contributed by atoms with Crippen LogP contribution in [0.3, 0.4) is 0 Å². The summed E-state index contributed by atoms with van der Waals surface area (Å²) in [4.78, 5) is 12.0. The Kier molecular flexibility index (Phi) is 6.38. The van der Waals surface area contributed by atoms with E-state index in [2.05, 4.69) is 5.32 Å². The number of hydrogen-bond acceptors (Lipinski definition) is 5. The first-order valence-corrected chi connectivity index (χ1v) is 7.75. The Balaban J connectivity index is 1.90. The lowest BCUT2D eigenvalue weighted by molar-refractivity contribution is -0.129. The Bertz CT molecular complexity index is 766. The van der Waals surface area contributed by atoms with Gasteiger partial charge in [0.25, 0.3) is 5.91 Å². The molecule has 1 atom stereocenters. The molecule has 1 amide bonds. The van der Waals surface area contributed by atoms with Crippen LogP contribution in [-0.2, 0) is 11.2 Å². The number of amides is 1. The number of nitrogens with zero attached hydrogens (tertiary/aromatic N) is 1. The smallest absolute Gasteiger partial charge is 0.253 e. The fourth-order valence-electron chi connectivity index (χ4n) is 2.35. The summed E-state index contributed by atoms with van der Waals surface area (Å²) in [6.07, 6.45) is -0.676. The zero-order valence-electron chi connectivity index (χ0n) is 14.2. The van der Waals surface area contributed by atoms with Gasteiger partial charge < -0.3 is 19.9 Å². The molecule has 0 radical (unpaired) electrons. The molecular weight excluding hydrogens is 320 g/mol. The third-order valence-electron chi connectivity index (χ3n) is 3.76. The quantitative estimate of drug-likeness (QED) is 0.804. The van der Waals surface area contributed by atoms with Crippen molar-refractivity contribution in [3.05, 3.63) is 59.2 Å². The summed E-state index contributed by atoms with van der Waals surface area (Å²) < 4.78 is 10.4. The van der Waals surface area contributed by atoms with Crippen LogP contribution in [0.2, 0.25) is 0 Å². The van der Waals surface area contributed by atoms with Crippen LogP contribution in [0.1, 0.15) is 22.8 Å². The molecule has 6 nitrogen and oxygen atoms in total. The highest BCUT2D eigenvalue weighted by molar-refractivity contribution is 5.81. The van der Waals surface area contributed by atoms with Gasteiger partial charge in [-0.1, -0.05) is 18.2 Å². The van der Waals surface area contributed by atoms with E-state index in [1.54, 1.807) is 38.5 Å². The van der Waals surface area contributed by atoms with E-state index in [1.165, 1.54) is 0 Å². The fraction of sp³-hybridized carbons (Fsp3) is 0.263. The molecule has 0 bridgehead atoms. The van der Waals surface area contributed by atoms with E-state index in [9.17, 15) is 9.90 Å². The topological polar surface area (TPSA) is 91.6 Å². The van der Waals surface area contributed by atoms with Crippen molar-refractivity contribution in [3.63, 3.8) is 0 Å². The summed E-state index contributed by atoms with van der Waals surface area (Å²) >= 11 is 0. The predicted molar refractivity (Wildman–Crippen MR) is 92.4 cm³/mol. The summed E-state index contributed by atoms with van der Waals surface area (Å²) in [6, 6.07) is 13.8. The molecule has 0 spiro atoms. The molecule has 2 aromatic carbocycles. The van der Waals surface area contributed by atoms with Gasteiger partial charge in [0.2, 0.25) is 0 Å². The maximum atomic E-state index is 12.0. The summed E-state index contributed by atoms with van der Waals surface area (Å²) in [5.41, 5.74) is 1.90. The van der Waals surface area contributed by atoms with Crippen molar-refractivity contribution in [2.45, 2.75) is 12.5 Å². The van der Waals surface area contributed by atoms with Gasteiger partial charge in [-0.15, -0.1) is 0 Å². The lowest BCUT2D eigenvalue weighted by Crippen LogP contribution is -2.31. The van der Waals surface area contributed by atoms with Crippen molar-refractivity contribution < 1.29 is 19.4 Å². The molecule has 130 valence electrons. The van der Waals surface area contributed by atoms with Gasteiger partial charge in [-0.3, -0.25) is 4.79 Å². The van der Waals surface area contributed by atoms with Gasteiger partial charge in [0.15, 0.2) is 17.6 Å². The highest BCUT2D eigenvalue weighted by Gasteiger charge is 2.16. The zero-order valence-corrected chi connectivity index (χ0v) is 14.2. The molecule has 2 aromatic rings. The molecule has 0 aliphatic heterocycles. The first-order valence-electron chi connectivity index (χ1n) is 7.75. The second-order valence-corrected chi connectivity index (χ2v) is 5.37. The minimum Gasteiger partial charge on any atom is -0.493 e. The van der Waals surface area contributed by atoms with Gasteiger partial charge in [0.1, 0.15) is 0 Å². The van der Waals surface area contributed by atoms with E-state index in [-0.39, 0.29) is 0 Å². The number of carbonyl (C=O) groups excluding carboxylic acids is 1. The minimum absolute atomic E-state index is 0.377. The Labute approximate surface area is 146 Å². The summed E-state index contributed by atoms with van der Waals surface area (Å²) in [5, 5.41) is 21.5. The Morgan fingerprint density at radius 3 is 2.44 bits per heavy atom. The molecule has 1 unspecified atom stereocenters. The maximum absolute atomic E-state index is 12.0. The van der Waals surface area contributed by atoms with Gasteiger partial charge in [0, 0.05) is 6.54 Å². The number of rotatable bonds is 7. The van der Waals surface area contributed by atoms with Crippen LogP contribution in [0.5, 0.6) is 11.5 Å². The number of methoxy groups -OCH3 is 2. The maximum Gasteiger partial charge on any atom is 0.253 e. The number of benzene rings is 2. The van der Waals surface area contributed by atoms with E-state index in [0.29, 0.717) is 35.6 Å². The molecule has 0 heterocycles. The van der Waals surface area contributed by atoms with E-state index < -0.39 is 12.0 Å². The average Bonchev–Trinajstić information content (AvgIpc) is 2.67. The standard InChI is InChI=1S/C19H20N2O4/c1-24-16-8-5-13(11-17(16)25-2)9-10-21-19(23)18(22)15-6-3-14(12-20)4-7-15/h3-8,11,18,22H,9-10H2,1-2H3,(H,21,23). The number of carbonyl (C=O) groups is 1. The highest BCUT2D eigenvalue weighted by Crippen LogP contribution is 2.27. The molecule has 0 fully saturated rings. The summed E-state index contributed by atoms with van der Waals surface area (Å²) in [5.74, 6) is 0.792. The zero-order chi connectivity index (χ0) is 18.2. The van der Waals surface area contributed by atoms with Crippen molar-refractivity contribution in [2.24, 2.45) is 0 Å². The summed E-state index contributed by atoms with van der Waals surface area (Å²) in [7, 11) is 3.14. The van der Waals surface area contributed by atoms with Crippen LogP contribution < -0.4 is 14.8 Å². The van der Waals surface area contributed by atoms with Gasteiger partial charge in [-0.25, -0.2) is 0 Å². The number of nitrogens with one attached hydrogen (secondary N) is 1. The van der Waals surface area contributed by atoms with Crippen LogP contribution in [0, 0.1) is 11.3 Å². The fourth-order valence-corrected chi connectivity index (χ4v) is 2.35. The normalized spacial score (nSPS) is 11.3. The second-order valence-electron chi connectivity index (χ2n) is 5.37. The molecular formula is C19H20N2O4. The van der Waals surface area contributed by atoms with E-state index in [4.69, 9.17) is 14.7 Å². The lowest BCUT2D eigenvalue weighted by atomic mass is 10.1. The number of aliphatic hydroxyl groups excluding tert-OH is 1. The Morgan fingerprint density at radius 2 is 1.84 bits per heavy atom. The van der Waals surface area contributed by atoms with E-state index in [0.717, 1.165) is 5.56 Å². The van der Waals surface area contributed by atoms with Gasteiger partial charge >= 0.3 is 0 Å². The van der Waals surface area contributed by atoms with Gasteiger partial charge in [-0.2, -0.15) is 5.26 Å². The Morgan fingerprint density at radius 1 is 1.16 bits per heavy atom. The molecule has 25 heavy (non-hydrogen) atoms. The van der Waals surface area contributed by atoms with Crippen molar-refractivity contribution in [2.75, 3.05) is 20.8 Å². The molecule has 0 saturated carbocycles. The van der Waals surface area contributed by atoms with Gasteiger partial charge in [0.05, 0.1) is 25.9 Å². The molecule has 0 aliphatic rings. The number of aliphatic hydroxyl groups is 1. The van der Waals surface area contributed by atoms with E-state index >= 15 is 0 Å². The van der Waals surface area contributed by atoms with Crippen LogP contribution >= 0.6 is 0 Å². The number of nitriles is 1. The molecule has 6 heteroatoms. The SMILES string of the molecule is COc1ccc(CCNC(=O)C(O)c2ccc(C#N)cc2)cc1OC. The lowest BCUT2D eigenvalue weighted by Gasteiger charge is -2.13. The highest BCUT2D eigenvalue weighted by atomic mass is 16.5. The van der Waals surface area contributed by atoms with Crippen LogP contribution in [-0.4, -0.2) is 31.8 Å². The summed E-state index contributed by atoms with van der Waals surface area (Å²) in [6.45, 7) is 0.377.